The summed E-state index contributed by atoms with van der Waals surface area (Å²) in [6, 6.07) is 0. The van der Waals surface area contributed by atoms with E-state index in [9.17, 15) is 39.0 Å². The predicted molar refractivity (Wildman–Crippen MR) is 157 cm³/mol. The number of nitrogen functional groups attached to an aromatic ring is 1. The second-order valence-electron chi connectivity index (χ2n) is 10.0. The Morgan fingerprint density at radius 3 is 2.50 bits per heavy atom. The third kappa shape index (κ3) is 6.15. The smallest absolute Gasteiger partial charge is 0.387 e. The summed E-state index contributed by atoms with van der Waals surface area (Å²) >= 11 is 1.33. The third-order valence-electron chi connectivity index (χ3n) is 7.19. The van der Waals surface area contributed by atoms with Gasteiger partial charge in [0, 0.05) is 0 Å². The maximum absolute atomic E-state index is 13.1. The molecule has 24 heteroatoms. The number of nitrogens with zero attached hydrogens (tertiary/aromatic N) is 7. The number of nitrogens with two attached hydrogens (primary N) is 1. The van der Waals surface area contributed by atoms with Gasteiger partial charge in [-0.1, -0.05) is 0 Å². The number of aromatic amines is 1. The molecule has 0 amide bonds. The second kappa shape index (κ2) is 12.8. The number of ether oxygens (including phenoxy) is 2. The number of phosphoric ester groups is 1. The number of aromatic nitrogens is 8. The highest BCUT2D eigenvalue weighted by Crippen LogP contribution is 2.49. The van der Waals surface area contributed by atoms with Crippen LogP contribution >= 0.6 is 27.6 Å². The minimum absolute atomic E-state index is 0.0878. The zero-order valence-corrected chi connectivity index (χ0v) is 26.1. The Kier molecular flexibility index (Phi) is 9.15. The van der Waals surface area contributed by atoms with Crippen molar-refractivity contribution in [3.63, 3.8) is 0 Å². The summed E-state index contributed by atoms with van der Waals surface area (Å²) in [5.74, 6) is 0.597. The van der Waals surface area contributed by atoms with Gasteiger partial charge in [-0.15, -0.1) is 11.8 Å². The number of aliphatic hydroxyl groups is 3. The van der Waals surface area contributed by atoms with E-state index in [-0.39, 0.29) is 17.1 Å². The van der Waals surface area contributed by atoms with Gasteiger partial charge in [-0.2, -0.15) is 4.98 Å². The molecule has 8 N–H and O–H groups in total. The standard InChI is InChI=1S/C22H27N9O12P2S/c1-46-19-11-16(24-5-25-19)30(7-27-11)20-13(33)12(32)9(42-20)4-40-45(38,39)43-15-8(2-3-44(36)37)41-21(14(15)34)31-6-26-10-17(31)28-22(23)29-18(10)35/h2-3,5-9,12-15,20-21,32-34,44H,4H2,1H3,(H,36,37)(H,38,39)(H3,23,28,29,35)/b3-2-/t8-,9-,12-,13-,14-,15-,20-,21-/m1/s1. The summed E-state index contributed by atoms with van der Waals surface area (Å²) in [6.45, 7) is -0.754. The summed E-state index contributed by atoms with van der Waals surface area (Å²) in [5.41, 5.74) is 5.48. The Morgan fingerprint density at radius 2 is 1.78 bits per heavy atom. The van der Waals surface area contributed by atoms with Crippen LogP contribution in [-0.4, -0.2) is 114 Å². The largest absolute Gasteiger partial charge is 0.472 e. The van der Waals surface area contributed by atoms with Crippen molar-refractivity contribution in [2.24, 2.45) is 0 Å². The van der Waals surface area contributed by atoms with E-state index in [0.29, 0.717) is 16.2 Å². The fourth-order valence-corrected chi connectivity index (χ4v) is 6.90. The number of aliphatic hydroxyl groups excluding tert-OH is 3. The Bertz CT molecular complexity index is 1920. The lowest BCUT2D eigenvalue weighted by Crippen LogP contribution is -2.35. The van der Waals surface area contributed by atoms with E-state index in [0.717, 1.165) is 22.8 Å². The van der Waals surface area contributed by atoms with Crippen LogP contribution in [0.3, 0.4) is 0 Å². The molecule has 2 saturated heterocycles. The highest BCUT2D eigenvalue weighted by atomic mass is 32.2. The van der Waals surface area contributed by atoms with Gasteiger partial charge in [-0.25, -0.2) is 24.5 Å². The van der Waals surface area contributed by atoms with Crippen LogP contribution in [0.5, 0.6) is 0 Å². The van der Waals surface area contributed by atoms with Crippen LogP contribution in [0.15, 0.2) is 40.7 Å². The maximum Gasteiger partial charge on any atom is 0.472 e. The molecule has 2 unspecified atom stereocenters. The van der Waals surface area contributed by atoms with E-state index >= 15 is 0 Å². The normalized spacial score (nSPS) is 30.5. The van der Waals surface area contributed by atoms with Crippen molar-refractivity contribution in [2.75, 3.05) is 18.6 Å². The number of hydrogen-bond donors (Lipinski definition) is 7. The minimum atomic E-state index is -5.10. The van der Waals surface area contributed by atoms with E-state index in [1.807, 2.05) is 0 Å². The maximum atomic E-state index is 13.1. The lowest BCUT2D eigenvalue weighted by Gasteiger charge is -2.23. The van der Waals surface area contributed by atoms with E-state index in [1.54, 1.807) is 6.26 Å². The molecule has 6 heterocycles. The first-order valence-electron chi connectivity index (χ1n) is 13.2. The summed E-state index contributed by atoms with van der Waals surface area (Å²) < 4.78 is 48.8. The molecule has 0 saturated carbocycles. The first-order chi connectivity index (χ1) is 21.9. The molecule has 4 aromatic heterocycles. The fraction of sp³-hybridized carbons (Fsp3) is 0.455. The Labute approximate surface area is 261 Å². The monoisotopic (exact) mass is 703 g/mol. The fourth-order valence-electron chi connectivity index (χ4n) is 5.10. The average molecular weight is 704 g/mol. The minimum Gasteiger partial charge on any atom is -0.387 e. The van der Waals surface area contributed by atoms with Crippen molar-refractivity contribution in [1.82, 2.24) is 39.0 Å². The molecule has 0 aliphatic carbocycles. The van der Waals surface area contributed by atoms with E-state index in [2.05, 4.69) is 29.9 Å². The molecule has 2 fully saturated rings. The van der Waals surface area contributed by atoms with Crippen LogP contribution in [0.1, 0.15) is 12.5 Å². The molecular weight excluding hydrogens is 676 g/mol. The van der Waals surface area contributed by atoms with Gasteiger partial charge in [0.05, 0.1) is 19.3 Å². The number of H-pyrrole nitrogens is 1. The van der Waals surface area contributed by atoms with Gasteiger partial charge >= 0.3 is 7.82 Å². The number of nitrogens with one attached hydrogen (secondary N) is 1. The van der Waals surface area contributed by atoms with Crippen molar-refractivity contribution >= 4 is 55.9 Å². The van der Waals surface area contributed by atoms with Crippen LogP contribution in [0.2, 0.25) is 0 Å². The molecule has 0 aromatic carbocycles. The summed E-state index contributed by atoms with van der Waals surface area (Å²) in [7, 11) is -8.28. The molecule has 4 aromatic rings. The first-order valence-corrected chi connectivity index (χ1v) is 17.4. The van der Waals surface area contributed by atoms with Crippen LogP contribution in [0.25, 0.3) is 22.3 Å². The molecule has 21 nitrogen and oxygen atoms in total. The van der Waals surface area contributed by atoms with E-state index in [1.165, 1.54) is 29.0 Å². The molecule has 2 aliphatic heterocycles. The van der Waals surface area contributed by atoms with Crippen molar-refractivity contribution in [2.45, 2.75) is 54.1 Å². The SMILES string of the molecule is CSc1ncnc2c1ncn2[C@@H]1O[C@H](COP(=O)(O)O[C@H]2[C@@H](O)[C@H](n3cnc4c(=O)[nH]c(N)nc43)O[C@@H]2/C=C\[PH](=O)O)[C@@H](O)[C@H]1O. The van der Waals surface area contributed by atoms with Gasteiger partial charge in [0.15, 0.2) is 29.3 Å². The number of hydrogen-bond acceptors (Lipinski definition) is 17. The highest BCUT2D eigenvalue weighted by Gasteiger charge is 2.50. The topological polar surface area (TPSA) is 305 Å². The molecule has 2 aliphatic rings. The number of imidazole rings is 2. The van der Waals surface area contributed by atoms with Crippen molar-refractivity contribution in [1.29, 1.82) is 0 Å². The first kappa shape index (κ1) is 32.8. The second-order valence-corrected chi connectivity index (χ2v) is 13.3. The van der Waals surface area contributed by atoms with Gasteiger partial charge in [-0.05, 0) is 18.1 Å². The average Bonchev–Trinajstić information content (AvgIpc) is 3.76. The number of rotatable bonds is 10. The quantitative estimate of drug-likeness (QED) is 0.0569. The van der Waals surface area contributed by atoms with Gasteiger partial charge in [0.1, 0.15) is 53.5 Å². The summed E-state index contributed by atoms with van der Waals surface area (Å²) in [6.07, 6.45) is -5.23. The van der Waals surface area contributed by atoms with Gasteiger partial charge in [0.25, 0.3) is 5.56 Å². The molecule has 248 valence electrons. The van der Waals surface area contributed by atoms with Crippen LogP contribution in [-0.2, 0) is 27.7 Å². The molecule has 10 atom stereocenters. The number of phosphoric acid groups is 1. The van der Waals surface area contributed by atoms with Crippen molar-refractivity contribution in [3.8, 4) is 0 Å². The third-order valence-corrected chi connectivity index (χ3v) is 9.34. The van der Waals surface area contributed by atoms with E-state index < -0.39 is 77.1 Å². The van der Waals surface area contributed by atoms with Gasteiger partial charge in [-0.3, -0.25) is 32.5 Å². The van der Waals surface area contributed by atoms with Crippen molar-refractivity contribution < 1.29 is 52.8 Å². The molecular formula is C22H27N9O12P2S. The lowest BCUT2D eigenvalue weighted by molar-refractivity contribution is -0.0550. The zero-order chi connectivity index (χ0) is 32.9. The van der Waals surface area contributed by atoms with E-state index in [4.69, 9.17) is 24.3 Å². The number of fused-ring (bicyclic) bond motifs is 2. The predicted octanol–water partition coefficient (Wildman–Crippen LogP) is -1.38. The molecule has 0 spiro atoms. The zero-order valence-electron chi connectivity index (χ0n) is 23.4. The number of anilines is 1. The highest BCUT2D eigenvalue weighted by molar-refractivity contribution is 7.98. The number of thioether (sulfide) groups is 1. The molecule has 0 radical (unpaired) electrons. The van der Waals surface area contributed by atoms with Gasteiger partial charge in [0.2, 0.25) is 14.0 Å². The lowest BCUT2D eigenvalue weighted by atomic mass is 10.1. The molecule has 6 rings (SSSR count). The Balaban J connectivity index is 1.18. The summed E-state index contributed by atoms with van der Waals surface area (Å²) in [4.78, 5) is 54.9. The Morgan fingerprint density at radius 1 is 1.09 bits per heavy atom. The van der Waals surface area contributed by atoms with Crippen LogP contribution in [0, 0.1) is 0 Å². The van der Waals surface area contributed by atoms with Gasteiger partial charge < -0.3 is 40.3 Å². The van der Waals surface area contributed by atoms with Crippen LogP contribution in [0.4, 0.5) is 5.95 Å². The Hall–Kier alpha value is -3.11. The summed E-state index contributed by atoms with van der Waals surface area (Å²) in [5, 5.41) is 33.1. The molecule has 0 bridgehead atoms. The molecule has 46 heavy (non-hydrogen) atoms. The van der Waals surface area contributed by atoms with Crippen molar-refractivity contribution in [3.05, 3.63) is 41.2 Å². The van der Waals surface area contributed by atoms with Crippen LogP contribution < -0.4 is 11.3 Å².